The molecule has 2 rings (SSSR count). The summed E-state index contributed by atoms with van der Waals surface area (Å²) in [6.07, 6.45) is 1.11. The zero-order valence-electron chi connectivity index (χ0n) is 11.4. The van der Waals surface area contributed by atoms with Gasteiger partial charge in [-0.1, -0.05) is 18.5 Å². The highest BCUT2D eigenvalue weighted by molar-refractivity contribution is 6.32. The van der Waals surface area contributed by atoms with E-state index in [2.05, 4.69) is 5.32 Å². The number of urea groups is 1. The standard InChI is InChI=1S/C14H19ClN2O3/c1-2-7-20-13-4-3-10(8-12(13)15)16-14(19)17-6-5-11(18)9-17/h3-4,8,11,18H,2,5-7,9H2,1H3,(H,16,19)/t11-/m0/s1. The molecule has 2 N–H and O–H groups in total. The van der Waals surface area contributed by atoms with Crippen molar-refractivity contribution >= 4 is 23.3 Å². The van der Waals surface area contributed by atoms with E-state index in [9.17, 15) is 9.90 Å². The molecule has 1 saturated heterocycles. The van der Waals surface area contributed by atoms with Crippen LogP contribution in [0.4, 0.5) is 10.5 Å². The van der Waals surface area contributed by atoms with E-state index >= 15 is 0 Å². The Kier molecular flexibility index (Phi) is 5.09. The Morgan fingerprint density at radius 2 is 2.40 bits per heavy atom. The molecular formula is C14H19ClN2O3. The molecule has 0 spiro atoms. The first-order valence-electron chi connectivity index (χ1n) is 6.76. The van der Waals surface area contributed by atoms with Gasteiger partial charge in [0, 0.05) is 18.8 Å². The number of carbonyl (C=O) groups is 1. The van der Waals surface area contributed by atoms with Gasteiger partial charge in [0.05, 0.1) is 17.7 Å². The maximum Gasteiger partial charge on any atom is 0.321 e. The molecule has 0 radical (unpaired) electrons. The van der Waals surface area contributed by atoms with Crippen molar-refractivity contribution in [2.75, 3.05) is 25.0 Å². The molecule has 1 fully saturated rings. The Morgan fingerprint density at radius 3 is 3.00 bits per heavy atom. The van der Waals surface area contributed by atoms with Crippen LogP contribution in [0.2, 0.25) is 5.02 Å². The summed E-state index contributed by atoms with van der Waals surface area (Å²) in [6, 6.07) is 4.94. The first kappa shape index (κ1) is 14.9. The molecule has 1 aliphatic rings. The predicted octanol–water partition coefficient (Wildman–Crippen LogP) is 2.73. The number of aliphatic hydroxyl groups is 1. The fourth-order valence-electron chi connectivity index (χ4n) is 2.04. The van der Waals surface area contributed by atoms with Gasteiger partial charge in [0.25, 0.3) is 0 Å². The smallest absolute Gasteiger partial charge is 0.321 e. The van der Waals surface area contributed by atoms with E-state index in [0.717, 1.165) is 6.42 Å². The largest absolute Gasteiger partial charge is 0.492 e. The zero-order chi connectivity index (χ0) is 14.5. The number of likely N-dealkylation sites (tertiary alicyclic amines) is 1. The number of hydrogen-bond donors (Lipinski definition) is 2. The molecular weight excluding hydrogens is 280 g/mol. The number of nitrogens with one attached hydrogen (secondary N) is 1. The Labute approximate surface area is 123 Å². The molecule has 1 atom stereocenters. The highest BCUT2D eigenvalue weighted by Gasteiger charge is 2.24. The number of carbonyl (C=O) groups excluding carboxylic acids is 1. The van der Waals surface area contributed by atoms with Gasteiger partial charge in [0.15, 0.2) is 0 Å². The Bertz CT molecular complexity index is 481. The minimum Gasteiger partial charge on any atom is -0.492 e. The van der Waals surface area contributed by atoms with E-state index in [1.165, 1.54) is 0 Å². The summed E-state index contributed by atoms with van der Waals surface area (Å²) in [5.74, 6) is 0.614. The molecule has 1 heterocycles. The van der Waals surface area contributed by atoms with Gasteiger partial charge in [-0.2, -0.15) is 0 Å². The lowest BCUT2D eigenvalue weighted by Gasteiger charge is -2.17. The van der Waals surface area contributed by atoms with Gasteiger partial charge in [0.1, 0.15) is 5.75 Å². The number of hydrogen-bond acceptors (Lipinski definition) is 3. The van der Waals surface area contributed by atoms with E-state index in [-0.39, 0.29) is 6.03 Å². The van der Waals surface area contributed by atoms with Crippen LogP contribution in [0.15, 0.2) is 18.2 Å². The van der Waals surface area contributed by atoms with Crippen molar-refractivity contribution in [1.82, 2.24) is 4.90 Å². The number of aliphatic hydroxyl groups excluding tert-OH is 1. The van der Waals surface area contributed by atoms with Crippen molar-refractivity contribution < 1.29 is 14.6 Å². The van der Waals surface area contributed by atoms with Crippen LogP contribution < -0.4 is 10.1 Å². The number of anilines is 1. The van der Waals surface area contributed by atoms with Crippen molar-refractivity contribution in [1.29, 1.82) is 0 Å². The highest BCUT2D eigenvalue weighted by atomic mass is 35.5. The summed E-state index contributed by atoms with van der Waals surface area (Å²) < 4.78 is 5.47. The highest BCUT2D eigenvalue weighted by Crippen LogP contribution is 2.28. The van der Waals surface area contributed by atoms with Gasteiger partial charge < -0.3 is 20.1 Å². The lowest BCUT2D eigenvalue weighted by atomic mass is 10.3. The average molecular weight is 299 g/mol. The predicted molar refractivity (Wildman–Crippen MR) is 78.5 cm³/mol. The zero-order valence-corrected chi connectivity index (χ0v) is 12.2. The van der Waals surface area contributed by atoms with Gasteiger partial charge in [-0.25, -0.2) is 4.79 Å². The number of halogens is 1. The number of benzene rings is 1. The molecule has 0 saturated carbocycles. The summed E-state index contributed by atoms with van der Waals surface area (Å²) in [7, 11) is 0. The number of rotatable bonds is 4. The Balaban J connectivity index is 1.96. The van der Waals surface area contributed by atoms with Crippen LogP contribution in [0.25, 0.3) is 0 Å². The number of ether oxygens (including phenoxy) is 1. The fraction of sp³-hybridized carbons (Fsp3) is 0.500. The van der Waals surface area contributed by atoms with E-state index in [1.807, 2.05) is 6.92 Å². The van der Waals surface area contributed by atoms with Crippen molar-refractivity contribution in [3.8, 4) is 5.75 Å². The number of amides is 2. The third-order valence-corrected chi connectivity index (χ3v) is 3.39. The van der Waals surface area contributed by atoms with Gasteiger partial charge in [-0.3, -0.25) is 0 Å². The molecule has 0 unspecified atom stereocenters. The molecule has 0 aliphatic carbocycles. The van der Waals surface area contributed by atoms with Crippen molar-refractivity contribution in [3.63, 3.8) is 0 Å². The van der Waals surface area contributed by atoms with Crippen molar-refractivity contribution in [2.24, 2.45) is 0 Å². The number of β-amino-alcohol motifs (C(OH)–C–C–N with tert-alkyl or cyclic N) is 1. The van der Waals surface area contributed by atoms with Crippen molar-refractivity contribution in [3.05, 3.63) is 23.2 Å². The maximum atomic E-state index is 12.0. The van der Waals surface area contributed by atoms with Crippen LogP contribution in [0, 0.1) is 0 Å². The first-order chi connectivity index (χ1) is 9.60. The van der Waals surface area contributed by atoms with Crippen molar-refractivity contribution in [2.45, 2.75) is 25.9 Å². The molecule has 110 valence electrons. The van der Waals surface area contributed by atoms with Gasteiger partial charge in [-0.05, 0) is 31.0 Å². The van der Waals surface area contributed by atoms with Gasteiger partial charge in [-0.15, -0.1) is 0 Å². The second kappa shape index (κ2) is 6.81. The van der Waals surface area contributed by atoms with Crippen LogP contribution >= 0.6 is 11.6 Å². The maximum absolute atomic E-state index is 12.0. The minimum absolute atomic E-state index is 0.222. The second-order valence-electron chi connectivity index (χ2n) is 4.81. The summed E-state index contributed by atoms with van der Waals surface area (Å²) in [6.45, 7) is 3.57. The lowest BCUT2D eigenvalue weighted by Crippen LogP contribution is -2.33. The molecule has 1 aliphatic heterocycles. The Morgan fingerprint density at radius 1 is 1.60 bits per heavy atom. The van der Waals surface area contributed by atoms with Gasteiger partial charge in [0.2, 0.25) is 0 Å². The Hall–Kier alpha value is -1.46. The van der Waals surface area contributed by atoms with Crippen LogP contribution in [0.1, 0.15) is 19.8 Å². The molecule has 1 aromatic rings. The minimum atomic E-state index is -0.422. The van der Waals surface area contributed by atoms with E-state index in [1.54, 1.807) is 23.1 Å². The summed E-state index contributed by atoms with van der Waals surface area (Å²) >= 11 is 6.10. The summed E-state index contributed by atoms with van der Waals surface area (Å²) in [5, 5.41) is 12.7. The third-order valence-electron chi connectivity index (χ3n) is 3.10. The molecule has 0 bridgehead atoms. The summed E-state index contributed by atoms with van der Waals surface area (Å²) in [4.78, 5) is 13.5. The van der Waals surface area contributed by atoms with Crippen LogP contribution in [-0.2, 0) is 0 Å². The third kappa shape index (κ3) is 3.77. The fourth-order valence-corrected chi connectivity index (χ4v) is 2.27. The molecule has 0 aromatic heterocycles. The molecule has 6 heteroatoms. The molecule has 1 aromatic carbocycles. The SMILES string of the molecule is CCCOc1ccc(NC(=O)N2CC[C@H](O)C2)cc1Cl. The molecule has 2 amide bonds. The second-order valence-corrected chi connectivity index (χ2v) is 5.22. The van der Waals surface area contributed by atoms with Gasteiger partial charge >= 0.3 is 6.03 Å². The average Bonchev–Trinajstić information content (AvgIpc) is 2.85. The molecule has 20 heavy (non-hydrogen) atoms. The summed E-state index contributed by atoms with van der Waals surface area (Å²) in [5.41, 5.74) is 0.616. The van der Waals surface area contributed by atoms with E-state index in [0.29, 0.717) is 42.6 Å². The molecule has 5 nitrogen and oxygen atoms in total. The lowest BCUT2D eigenvalue weighted by molar-refractivity contribution is 0.176. The monoisotopic (exact) mass is 298 g/mol. The van der Waals surface area contributed by atoms with Crippen LogP contribution in [0.5, 0.6) is 5.75 Å². The first-order valence-corrected chi connectivity index (χ1v) is 7.14. The van der Waals surface area contributed by atoms with Crippen LogP contribution in [-0.4, -0.2) is 41.8 Å². The van der Waals surface area contributed by atoms with E-state index < -0.39 is 6.10 Å². The number of nitrogens with zero attached hydrogens (tertiary/aromatic N) is 1. The topological polar surface area (TPSA) is 61.8 Å². The van der Waals surface area contributed by atoms with Crippen LogP contribution in [0.3, 0.4) is 0 Å². The van der Waals surface area contributed by atoms with E-state index in [4.69, 9.17) is 16.3 Å². The quantitative estimate of drug-likeness (QED) is 0.898. The normalized spacial score (nSPS) is 18.1.